The first-order chi connectivity index (χ1) is 12.6. The van der Waals surface area contributed by atoms with E-state index in [2.05, 4.69) is 21.4 Å². The number of nitrogens with zero attached hydrogens (tertiary/aromatic N) is 4. The van der Waals surface area contributed by atoms with E-state index in [0.717, 1.165) is 43.7 Å². The topological polar surface area (TPSA) is 94.2 Å². The Kier molecular flexibility index (Phi) is 5.66. The number of fused-ring (bicyclic) bond motifs is 1. The zero-order valence-electron chi connectivity index (χ0n) is 14.9. The minimum atomic E-state index is -0.0377. The lowest BCUT2D eigenvalue weighted by atomic mass is 10.0. The third-order valence-electron chi connectivity index (χ3n) is 4.73. The lowest BCUT2D eigenvalue weighted by Gasteiger charge is -2.27. The van der Waals surface area contributed by atoms with Gasteiger partial charge in [-0.15, -0.1) is 0 Å². The van der Waals surface area contributed by atoms with Gasteiger partial charge in [0.05, 0.1) is 23.9 Å². The maximum Gasteiger partial charge on any atom is 0.224 e. The predicted molar refractivity (Wildman–Crippen MR) is 97.1 cm³/mol. The van der Waals surface area contributed by atoms with Gasteiger partial charge in [0, 0.05) is 49.9 Å². The maximum absolute atomic E-state index is 12.1. The van der Waals surface area contributed by atoms with Gasteiger partial charge >= 0.3 is 0 Å². The molecule has 1 amide bonds. The van der Waals surface area contributed by atoms with Crippen molar-refractivity contribution in [2.75, 3.05) is 18.4 Å². The van der Waals surface area contributed by atoms with Gasteiger partial charge < -0.3 is 10.4 Å². The zero-order chi connectivity index (χ0) is 18.5. The van der Waals surface area contributed by atoms with E-state index in [1.165, 1.54) is 5.69 Å². The van der Waals surface area contributed by atoms with E-state index in [1.54, 1.807) is 24.3 Å². The van der Waals surface area contributed by atoms with Gasteiger partial charge in [-0.1, -0.05) is 0 Å². The van der Waals surface area contributed by atoms with Crippen LogP contribution in [0.25, 0.3) is 0 Å². The number of aliphatic hydroxyl groups is 1. The highest BCUT2D eigenvalue weighted by atomic mass is 16.3. The van der Waals surface area contributed by atoms with Crippen molar-refractivity contribution in [1.29, 1.82) is 5.26 Å². The molecule has 7 heteroatoms. The fourth-order valence-corrected chi connectivity index (χ4v) is 3.36. The third-order valence-corrected chi connectivity index (χ3v) is 4.73. The SMILES string of the molecule is Cn1nc(CO)c2c1CCN(CCCC(=O)Nc1ccc(C#N)cc1)C2. The van der Waals surface area contributed by atoms with Crippen molar-refractivity contribution in [1.82, 2.24) is 14.7 Å². The third kappa shape index (κ3) is 4.10. The van der Waals surface area contributed by atoms with E-state index < -0.39 is 0 Å². The molecular weight excluding hydrogens is 330 g/mol. The minimum Gasteiger partial charge on any atom is -0.390 e. The van der Waals surface area contributed by atoms with Crippen LogP contribution >= 0.6 is 0 Å². The average molecular weight is 353 g/mol. The average Bonchev–Trinajstić information content (AvgIpc) is 2.98. The highest BCUT2D eigenvalue weighted by molar-refractivity contribution is 5.90. The smallest absolute Gasteiger partial charge is 0.224 e. The maximum atomic E-state index is 12.1. The molecule has 0 fully saturated rings. The molecule has 1 aromatic heterocycles. The summed E-state index contributed by atoms with van der Waals surface area (Å²) in [5, 5.41) is 25.5. The van der Waals surface area contributed by atoms with Crippen LogP contribution in [0.2, 0.25) is 0 Å². The Bertz CT molecular complexity index is 820. The first-order valence-corrected chi connectivity index (χ1v) is 8.77. The van der Waals surface area contributed by atoms with Crippen LogP contribution in [0.5, 0.6) is 0 Å². The summed E-state index contributed by atoms with van der Waals surface area (Å²) < 4.78 is 1.86. The van der Waals surface area contributed by atoms with Crippen LogP contribution in [0.3, 0.4) is 0 Å². The first-order valence-electron chi connectivity index (χ1n) is 8.77. The molecule has 26 heavy (non-hydrogen) atoms. The molecular formula is C19H23N5O2. The number of carbonyl (C=O) groups excluding carboxylic acids is 1. The lowest BCUT2D eigenvalue weighted by Crippen LogP contribution is -2.32. The monoisotopic (exact) mass is 353 g/mol. The van der Waals surface area contributed by atoms with E-state index in [0.29, 0.717) is 17.7 Å². The molecule has 2 N–H and O–H groups in total. The van der Waals surface area contributed by atoms with E-state index >= 15 is 0 Å². The molecule has 0 aliphatic carbocycles. The van der Waals surface area contributed by atoms with Gasteiger partial charge in [-0.3, -0.25) is 14.4 Å². The Labute approximate surface area is 152 Å². The summed E-state index contributed by atoms with van der Waals surface area (Å²) in [6.45, 7) is 2.51. The molecule has 1 aliphatic rings. The largest absolute Gasteiger partial charge is 0.390 e. The van der Waals surface area contributed by atoms with Crippen molar-refractivity contribution in [3.05, 3.63) is 46.8 Å². The molecule has 3 rings (SSSR count). The summed E-state index contributed by atoms with van der Waals surface area (Å²) in [5.74, 6) is -0.0233. The van der Waals surface area contributed by atoms with Crippen molar-refractivity contribution >= 4 is 11.6 Å². The molecule has 2 aromatic rings. The second-order valence-electron chi connectivity index (χ2n) is 6.52. The summed E-state index contributed by atoms with van der Waals surface area (Å²) in [6, 6.07) is 8.91. The van der Waals surface area contributed by atoms with Crippen LogP contribution < -0.4 is 5.32 Å². The summed E-state index contributed by atoms with van der Waals surface area (Å²) in [7, 11) is 1.92. The molecule has 0 unspecified atom stereocenters. The van der Waals surface area contributed by atoms with E-state index in [4.69, 9.17) is 5.26 Å². The van der Waals surface area contributed by atoms with Gasteiger partial charge in [0.1, 0.15) is 0 Å². The van der Waals surface area contributed by atoms with Crippen LogP contribution in [-0.4, -0.2) is 38.8 Å². The van der Waals surface area contributed by atoms with Crippen LogP contribution in [0.15, 0.2) is 24.3 Å². The Morgan fingerprint density at radius 2 is 2.15 bits per heavy atom. The summed E-state index contributed by atoms with van der Waals surface area (Å²) in [6.07, 6.45) is 2.13. The van der Waals surface area contributed by atoms with E-state index in [9.17, 15) is 9.90 Å². The zero-order valence-corrected chi connectivity index (χ0v) is 14.9. The summed E-state index contributed by atoms with van der Waals surface area (Å²) >= 11 is 0. The number of aliphatic hydroxyl groups excluding tert-OH is 1. The Morgan fingerprint density at radius 3 is 2.85 bits per heavy atom. The number of anilines is 1. The molecule has 1 aliphatic heterocycles. The van der Waals surface area contributed by atoms with Crippen LogP contribution in [0.4, 0.5) is 5.69 Å². The number of amides is 1. The molecule has 0 spiro atoms. The number of aryl methyl sites for hydroxylation is 1. The molecule has 0 bridgehead atoms. The van der Waals surface area contributed by atoms with Crippen molar-refractivity contribution < 1.29 is 9.90 Å². The van der Waals surface area contributed by atoms with Crippen LogP contribution in [-0.2, 0) is 31.4 Å². The van der Waals surface area contributed by atoms with E-state index in [-0.39, 0.29) is 12.5 Å². The standard InChI is InChI=1S/C19H23N5O2/c1-23-18-8-10-24(12-16(18)17(13-25)22-23)9-2-3-19(26)21-15-6-4-14(11-20)5-7-15/h4-7,25H,2-3,8-10,12-13H2,1H3,(H,21,26). The highest BCUT2D eigenvalue weighted by Gasteiger charge is 2.23. The first kappa shape index (κ1) is 18.1. The predicted octanol–water partition coefficient (Wildman–Crippen LogP) is 1.56. The fourth-order valence-electron chi connectivity index (χ4n) is 3.36. The van der Waals surface area contributed by atoms with Crippen LogP contribution in [0.1, 0.15) is 35.4 Å². The Morgan fingerprint density at radius 1 is 1.38 bits per heavy atom. The molecule has 136 valence electrons. The normalized spacial score (nSPS) is 13.9. The van der Waals surface area contributed by atoms with Gasteiger partial charge in [-0.2, -0.15) is 10.4 Å². The van der Waals surface area contributed by atoms with Crippen molar-refractivity contribution in [3.63, 3.8) is 0 Å². The van der Waals surface area contributed by atoms with Crippen molar-refractivity contribution in [3.8, 4) is 6.07 Å². The van der Waals surface area contributed by atoms with Gasteiger partial charge in [0.2, 0.25) is 5.91 Å². The number of hydrogen-bond donors (Lipinski definition) is 2. The molecule has 0 radical (unpaired) electrons. The van der Waals surface area contributed by atoms with E-state index in [1.807, 2.05) is 11.7 Å². The second kappa shape index (κ2) is 8.13. The number of benzene rings is 1. The lowest BCUT2D eigenvalue weighted by molar-refractivity contribution is -0.116. The molecule has 0 saturated carbocycles. The number of hydrogen-bond acceptors (Lipinski definition) is 5. The Hall–Kier alpha value is -2.69. The molecule has 7 nitrogen and oxygen atoms in total. The number of nitriles is 1. The van der Waals surface area contributed by atoms with Gasteiger partial charge in [0.15, 0.2) is 0 Å². The molecule has 0 atom stereocenters. The van der Waals surface area contributed by atoms with Gasteiger partial charge in [-0.25, -0.2) is 0 Å². The number of carbonyl (C=O) groups is 1. The van der Waals surface area contributed by atoms with Crippen LogP contribution in [0, 0.1) is 11.3 Å². The summed E-state index contributed by atoms with van der Waals surface area (Å²) in [4.78, 5) is 14.4. The number of rotatable bonds is 6. The highest BCUT2D eigenvalue weighted by Crippen LogP contribution is 2.22. The molecule has 0 saturated heterocycles. The molecule has 2 heterocycles. The quantitative estimate of drug-likeness (QED) is 0.822. The molecule has 1 aromatic carbocycles. The fraction of sp³-hybridized carbons (Fsp3) is 0.421. The second-order valence-corrected chi connectivity index (χ2v) is 6.52. The van der Waals surface area contributed by atoms with Gasteiger partial charge in [0.25, 0.3) is 0 Å². The Balaban J connectivity index is 1.46. The van der Waals surface area contributed by atoms with Crippen molar-refractivity contribution in [2.45, 2.75) is 32.4 Å². The summed E-state index contributed by atoms with van der Waals surface area (Å²) in [5.41, 5.74) is 4.36. The minimum absolute atomic E-state index is 0.0233. The van der Waals surface area contributed by atoms with Crippen molar-refractivity contribution in [2.24, 2.45) is 7.05 Å². The van der Waals surface area contributed by atoms with Gasteiger partial charge in [-0.05, 0) is 37.2 Å². The number of nitrogens with one attached hydrogen (secondary N) is 1. The number of aromatic nitrogens is 2.